The summed E-state index contributed by atoms with van der Waals surface area (Å²) in [6.07, 6.45) is 0. The summed E-state index contributed by atoms with van der Waals surface area (Å²) in [5, 5.41) is 2.53. The minimum absolute atomic E-state index is 1.09. The summed E-state index contributed by atoms with van der Waals surface area (Å²) < 4.78 is 2.38. The van der Waals surface area contributed by atoms with Gasteiger partial charge in [-0.3, -0.25) is 0 Å². The van der Waals surface area contributed by atoms with Crippen molar-refractivity contribution in [2.75, 3.05) is 4.90 Å². The second kappa shape index (κ2) is 16.1. The van der Waals surface area contributed by atoms with Gasteiger partial charge in [0.15, 0.2) is 0 Å². The van der Waals surface area contributed by atoms with E-state index in [-0.39, 0.29) is 0 Å². The van der Waals surface area contributed by atoms with Crippen LogP contribution in [0, 0.1) is 0 Å². The Morgan fingerprint density at radius 1 is 0.242 bits per heavy atom. The molecule has 0 bridgehead atoms. The minimum Gasteiger partial charge on any atom is -0.311 e. The molecule has 62 heavy (non-hydrogen) atoms. The quantitative estimate of drug-likeness (QED) is 0.141. The highest BCUT2D eigenvalue weighted by molar-refractivity contribution is 6.09. The zero-order chi connectivity index (χ0) is 41.2. The molecule has 0 fully saturated rings. The number of nitrogens with zero attached hydrogens (tertiary/aromatic N) is 2. The smallest absolute Gasteiger partial charge is 0.0541 e. The predicted octanol–water partition coefficient (Wildman–Crippen LogP) is 16.6. The maximum atomic E-state index is 2.38. The fourth-order valence-corrected chi connectivity index (χ4v) is 8.96. The van der Waals surface area contributed by atoms with Crippen LogP contribution in [0.1, 0.15) is 0 Å². The summed E-state index contributed by atoms with van der Waals surface area (Å²) in [5.41, 5.74) is 18.9. The van der Waals surface area contributed by atoms with Crippen molar-refractivity contribution in [1.29, 1.82) is 0 Å². The molecule has 2 heteroatoms. The van der Waals surface area contributed by atoms with Gasteiger partial charge >= 0.3 is 0 Å². The monoisotopic (exact) mass is 790 g/mol. The molecular formula is C60H42N2. The highest BCUT2D eigenvalue weighted by Gasteiger charge is 2.16. The summed E-state index contributed by atoms with van der Waals surface area (Å²) in [6, 6.07) is 91.9. The van der Waals surface area contributed by atoms with Crippen LogP contribution in [0.25, 0.3) is 83.1 Å². The molecule has 2 nitrogen and oxygen atoms in total. The van der Waals surface area contributed by atoms with Crippen LogP contribution in [0.15, 0.2) is 255 Å². The fourth-order valence-electron chi connectivity index (χ4n) is 8.96. The van der Waals surface area contributed by atoms with Gasteiger partial charge in [-0.25, -0.2) is 0 Å². The first-order valence-electron chi connectivity index (χ1n) is 21.3. The number of fused-ring (bicyclic) bond motifs is 3. The molecule has 1 aromatic heterocycles. The topological polar surface area (TPSA) is 8.17 Å². The molecule has 0 aliphatic rings. The lowest BCUT2D eigenvalue weighted by Gasteiger charge is -2.26. The lowest BCUT2D eigenvalue weighted by atomic mass is 9.93. The minimum atomic E-state index is 1.09. The van der Waals surface area contributed by atoms with Crippen molar-refractivity contribution in [3.05, 3.63) is 255 Å². The first kappa shape index (κ1) is 36.8. The van der Waals surface area contributed by atoms with Gasteiger partial charge in [0, 0.05) is 33.5 Å². The Bertz CT molecular complexity index is 3240. The number of hydrogen-bond acceptors (Lipinski definition) is 1. The molecule has 292 valence electrons. The summed E-state index contributed by atoms with van der Waals surface area (Å²) in [6.45, 7) is 0. The van der Waals surface area contributed by atoms with Gasteiger partial charge in [-0.1, -0.05) is 194 Å². The molecule has 11 rings (SSSR count). The van der Waals surface area contributed by atoms with E-state index in [4.69, 9.17) is 0 Å². The van der Waals surface area contributed by atoms with Crippen LogP contribution in [0.5, 0.6) is 0 Å². The van der Waals surface area contributed by atoms with Crippen LogP contribution in [-0.2, 0) is 0 Å². The van der Waals surface area contributed by atoms with E-state index >= 15 is 0 Å². The molecule has 0 amide bonds. The Morgan fingerprint density at radius 3 is 1.08 bits per heavy atom. The van der Waals surface area contributed by atoms with Gasteiger partial charge in [-0.2, -0.15) is 0 Å². The molecular weight excluding hydrogens is 749 g/mol. The highest BCUT2D eigenvalue weighted by Crippen LogP contribution is 2.39. The van der Waals surface area contributed by atoms with Gasteiger partial charge in [0.25, 0.3) is 0 Å². The standard InChI is InChI=1S/C60H42N2/c1-3-14-43(15-4-1)45-30-36-51(37-31-45)61(52-38-32-46(33-39-52)44-26-28-49(29-27-44)56-21-8-7-20-55(56)48-16-5-2-6-17-48)53-40-34-47(35-41-53)50-18-13-19-54(42-50)62-59-24-11-9-22-57(59)58-23-10-12-25-60(58)62/h1-42H. The molecule has 0 N–H and O–H groups in total. The average Bonchev–Trinajstić information content (AvgIpc) is 3.70. The Hall–Kier alpha value is -8.20. The van der Waals surface area contributed by atoms with Crippen LogP contribution in [-0.4, -0.2) is 4.57 Å². The number of rotatable bonds is 9. The van der Waals surface area contributed by atoms with Gasteiger partial charge in [0.1, 0.15) is 0 Å². The summed E-state index contributed by atoms with van der Waals surface area (Å²) in [4.78, 5) is 2.35. The van der Waals surface area contributed by atoms with Crippen LogP contribution in [0.3, 0.4) is 0 Å². The third-order valence-electron chi connectivity index (χ3n) is 12.0. The molecule has 0 saturated heterocycles. The zero-order valence-electron chi connectivity index (χ0n) is 34.1. The van der Waals surface area contributed by atoms with Gasteiger partial charge in [0.2, 0.25) is 0 Å². The van der Waals surface area contributed by atoms with Gasteiger partial charge in [-0.15, -0.1) is 0 Å². The van der Waals surface area contributed by atoms with Crippen molar-refractivity contribution in [2.45, 2.75) is 0 Å². The first-order valence-corrected chi connectivity index (χ1v) is 21.3. The van der Waals surface area contributed by atoms with Crippen molar-refractivity contribution >= 4 is 38.9 Å². The van der Waals surface area contributed by atoms with E-state index in [0.717, 1.165) is 22.7 Å². The third kappa shape index (κ3) is 6.94. The number of benzene rings is 10. The lowest BCUT2D eigenvalue weighted by Crippen LogP contribution is -2.09. The molecule has 0 aliphatic carbocycles. The Balaban J connectivity index is 0.921. The molecule has 10 aromatic carbocycles. The van der Waals surface area contributed by atoms with Gasteiger partial charge < -0.3 is 9.47 Å². The Kier molecular flexibility index (Phi) is 9.57. The summed E-state index contributed by atoms with van der Waals surface area (Å²) in [5.74, 6) is 0. The van der Waals surface area contributed by atoms with Crippen LogP contribution in [0.4, 0.5) is 17.1 Å². The summed E-state index contributed by atoms with van der Waals surface area (Å²) in [7, 11) is 0. The predicted molar refractivity (Wildman–Crippen MR) is 263 cm³/mol. The molecule has 0 radical (unpaired) electrons. The Labute approximate surface area is 362 Å². The molecule has 0 atom stereocenters. The lowest BCUT2D eigenvalue weighted by molar-refractivity contribution is 1.18. The number of anilines is 3. The second-order valence-corrected chi connectivity index (χ2v) is 15.8. The highest BCUT2D eigenvalue weighted by atomic mass is 15.1. The van der Waals surface area contributed by atoms with E-state index in [2.05, 4.69) is 264 Å². The maximum absolute atomic E-state index is 2.38. The molecule has 11 aromatic rings. The van der Waals surface area contributed by atoms with Crippen molar-refractivity contribution in [3.8, 4) is 61.3 Å². The maximum Gasteiger partial charge on any atom is 0.0541 e. The van der Waals surface area contributed by atoms with E-state index in [0.29, 0.717) is 0 Å². The Morgan fingerprint density at radius 2 is 0.581 bits per heavy atom. The van der Waals surface area contributed by atoms with Crippen molar-refractivity contribution < 1.29 is 0 Å². The van der Waals surface area contributed by atoms with Gasteiger partial charge in [-0.05, 0) is 116 Å². The average molecular weight is 791 g/mol. The number of aromatic nitrogens is 1. The van der Waals surface area contributed by atoms with E-state index < -0.39 is 0 Å². The van der Waals surface area contributed by atoms with E-state index in [1.54, 1.807) is 0 Å². The summed E-state index contributed by atoms with van der Waals surface area (Å²) >= 11 is 0. The number of para-hydroxylation sites is 2. The molecule has 0 saturated carbocycles. The molecule has 0 unspecified atom stereocenters. The van der Waals surface area contributed by atoms with E-state index in [1.807, 2.05) is 0 Å². The molecule has 0 aliphatic heterocycles. The van der Waals surface area contributed by atoms with E-state index in [1.165, 1.54) is 77.4 Å². The van der Waals surface area contributed by atoms with Crippen LogP contribution in [0.2, 0.25) is 0 Å². The van der Waals surface area contributed by atoms with E-state index in [9.17, 15) is 0 Å². The second-order valence-electron chi connectivity index (χ2n) is 15.8. The SMILES string of the molecule is c1ccc(-c2ccc(N(c3ccc(-c4ccc(-c5ccccc5-c5ccccc5)cc4)cc3)c3ccc(-c4cccc(-n5c6ccccc6c6ccccc65)c4)cc3)cc2)cc1. The fraction of sp³-hybridized carbons (Fsp3) is 0. The third-order valence-corrected chi connectivity index (χ3v) is 12.0. The molecule has 0 spiro atoms. The van der Waals surface area contributed by atoms with Crippen LogP contribution < -0.4 is 4.90 Å². The largest absolute Gasteiger partial charge is 0.311 e. The van der Waals surface area contributed by atoms with Crippen molar-refractivity contribution in [1.82, 2.24) is 4.57 Å². The first-order chi connectivity index (χ1) is 30.7. The molecule has 1 heterocycles. The van der Waals surface area contributed by atoms with Crippen molar-refractivity contribution in [2.24, 2.45) is 0 Å². The van der Waals surface area contributed by atoms with Crippen molar-refractivity contribution in [3.63, 3.8) is 0 Å². The number of hydrogen-bond donors (Lipinski definition) is 0. The normalized spacial score (nSPS) is 11.2. The van der Waals surface area contributed by atoms with Gasteiger partial charge in [0.05, 0.1) is 11.0 Å². The zero-order valence-corrected chi connectivity index (χ0v) is 34.1. The van der Waals surface area contributed by atoms with Crippen LogP contribution >= 0.6 is 0 Å².